The molecule has 0 radical (unpaired) electrons. The third-order valence-corrected chi connectivity index (χ3v) is 5.55. The summed E-state index contributed by atoms with van der Waals surface area (Å²) in [7, 11) is 0. The molecular weight excluding hydrogens is 314 g/mol. The summed E-state index contributed by atoms with van der Waals surface area (Å²) in [5, 5.41) is 0. The Labute approximate surface area is 149 Å². The number of carbonyl (C=O) groups is 1. The minimum absolute atomic E-state index is 0.0855. The molecule has 2 fully saturated rings. The first-order valence-corrected chi connectivity index (χ1v) is 9.64. The molecule has 134 valence electrons. The van der Waals surface area contributed by atoms with Crippen molar-refractivity contribution in [1.82, 2.24) is 14.8 Å². The van der Waals surface area contributed by atoms with Gasteiger partial charge in [0, 0.05) is 13.1 Å². The van der Waals surface area contributed by atoms with Crippen molar-refractivity contribution in [2.45, 2.75) is 51.0 Å². The number of aromatic nitrogens is 1. The topological polar surface area (TPSA) is 49.6 Å². The van der Waals surface area contributed by atoms with Crippen LogP contribution in [0.5, 0.6) is 0 Å². The van der Waals surface area contributed by atoms with Crippen LogP contribution < -0.4 is 0 Å². The van der Waals surface area contributed by atoms with E-state index in [0.29, 0.717) is 5.91 Å². The van der Waals surface area contributed by atoms with Gasteiger partial charge < -0.3 is 9.32 Å². The number of likely N-dealkylation sites (tertiary alicyclic amines) is 2. The Bertz CT molecular complexity index is 708. The second-order valence-electron chi connectivity index (χ2n) is 7.34. The summed E-state index contributed by atoms with van der Waals surface area (Å²) in [4.78, 5) is 22.1. The lowest BCUT2D eigenvalue weighted by atomic mass is 9.97. The van der Waals surface area contributed by atoms with Crippen molar-refractivity contribution in [2.24, 2.45) is 0 Å². The minimum Gasteiger partial charge on any atom is -0.440 e. The van der Waals surface area contributed by atoms with Crippen molar-refractivity contribution >= 4 is 17.0 Å². The number of nitrogens with zero attached hydrogens (tertiary/aromatic N) is 3. The van der Waals surface area contributed by atoms with E-state index in [1.807, 2.05) is 24.3 Å². The molecule has 1 aromatic heterocycles. The van der Waals surface area contributed by atoms with Crippen LogP contribution in [0.3, 0.4) is 0 Å². The average Bonchev–Trinajstić information content (AvgIpc) is 3.28. The number of hydrogen-bond donors (Lipinski definition) is 0. The van der Waals surface area contributed by atoms with Crippen molar-refractivity contribution in [3.8, 4) is 0 Å². The van der Waals surface area contributed by atoms with Crippen LogP contribution in [-0.4, -0.2) is 52.9 Å². The Hall–Kier alpha value is -1.88. The fraction of sp³-hybridized carbons (Fsp3) is 0.600. The summed E-state index contributed by atoms with van der Waals surface area (Å²) < 4.78 is 5.96. The van der Waals surface area contributed by atoms with Crippen molar-refractivity contribution in [3.05, 3.63) is 30.2 Å². The molecule has 0 bridgehead atoms. The van der Waals surface area contributed by atoms with Crippen LogP contribution in [0.2, 0.25) is 0 Å². The van der Waals surface area contributed by atoms with Crippen LogP contribution in [0.4, 0.5) is 0 Å². The van der Waals surface area contributed by atoms with Gasteiger partial charge in [0.2, 0.25) is 5.91 Å². The zero-order chi connectivity index (χ0) is 17.2. The van der Waals surface area contributed by atoms with E-state index >= 15 is 0 Å². The summed E-state index contributed by atoms with van der Waals surface area (Å²) in [5.41, 5.74) is 1.75. The van der Waals surface area contributed by atoms with Gasteiger partial charge in [-0.15, -0.1) is 0 Å². The lowest BCUT2D eigenvalue weighted by Gasteiger charge is -2.35. The van der Waals surface area contributed by atoms with E-state index in [9.17, 15) is 4.79 Å². The Morgan fingerprint density at radius 1 is 1.24 bits per heavy atom. The lowest BCUT2D eigenvalue weighted by Crippen LogP contribution is -2.49. The van der Waals surface area contributed by atoms with Gasteiger partial charge in [-0.3, -0.25) is 9.69 Å². The largest absolute Gasteiger partial charge is 0.440 e. The normalized spacial score (nSPS) is 24.9. The van der Waals surface area contributed by atoms with E-state index in [1.54, 1.807) is 0 Å². The number of amides is 1. The molecule has 0 aliphatic carbocycles. The van der Waals surface area contributed by atoms with Gasteiger partial charge in [-0.25, -0.2) is 4.98 Å². The fourth-order valence-electron chi connectivity index (χ4n) is 4.31. The molecule has 1 aromatic carbocycles. The van der Waals surface area contributed by atoms with Gasteiger partial charge in [-0.1, -0.05) is 19.1 Å². The average molecular weight is 341 g/mol. The number of hydrogen-bond acceptors (Lipinski definition) is 4. The van der Waals surface area contributed by atoms with Crippen LogP contribution >= 0.6 is 0 Å². The molecule has 0 spiro atoms. The number of oxazole rings is 1. The first-order chi connectivity index (χ1) is 12.3. The van der Waals surface area contributed by atoms with Crippen molar-refractivity contribution < 1.29 is 9.21 Å². The van der Waals surface area contributed by atoms with Crippen molar-refractivity contribution in [2.75, 3.05) is 26.2 Å². The number of carbonyl (C=O) groups excluding carboxylic acids is 1. The van der Waals surface area contributed by atoms with Gasteiger partial charge >= 0.3 is 0 Å². The maximum atomic E-state index is 13.1. The van der Waals surface area contributed by atoms with E-state index in [0.717, 1.165) is 75.3 Å². The van der Waals surface area contributed by atoms with Gasteiger partial charge in [0.25, 0.3) is 0 Å². The van der Waals surface area contributed by atoms with Crippen LogP contribution in [0.15, 0.2) is 28.7 Å². The Morgan fingerprint density at radius 2 is 2.08 bits per heavy atom. The summed E-state index contributed by atoms with van der Waals surface area (Å²) in [6.45, 7) is 5.88. The molecule has 2 unspecified atom stereocenters. The van der Waals surface area contributed by atoms with Crippen molar-refractivity contribution in [3.63, 3.8) is 0 Å². The Balaban J connectivity index is 1.47. The smallest absolute Gasteiger partial charge is 0.239 e. The molecule has 0 N–H and O–H groups in total. The van der Waals surface area contributed by atoms with Crippen LogP contribution in [0.1, 0.15) is 50.8 Å². The molecule has 2 saturated heterocycles. The third kappa shape index (κ3) is 3.30. The maximum absolute atomic E-state index is 13.1. The summed E-state index contributed by atoms with van der Waals surface area (Å²) >= 11 is 0. The highest BCUT2D eigenvalue weighted by molar-refractivity contribution is 5.82. The molecule has 0 saturated carbocycles. The molecule has 2 aromatic rings. The predicted octanol–water partition coefficient (Wildman–Crippen LogP) is 3.41. The van der Waals surface area contributed by atoms with Gasteiger partial charge in [-0.2, -0.15) is 0 Å². The number of piperidine rings is 1. The van der Waals surface area contributed by atoms with E-state index in [2.05, 4.69) is 21.7 Å². The zero-order valence-corrected chi connectivity index (χ0v) is 15.0. The highest BCUT2D eigenvalue weighted by Crippen LogP contribution is 2.30. The van der Waals surface area contributed by atoms with Gasteiger partial charge in [0.15, 0.2) is 11.5 Å². The first kappa shape index (κ1) is 16.6. The third-order valence-electron chi connectivity index (χ3n) is 5.55. The number of fused-ring (bicyclic) bond motifs is 1. The monoisotopic (exact) mass is 341 g/mol. The quantitative estimate of drug-likeness (QED) is 0.855. The summed E-state index contributed by atoms with van der Waals surface area (Å²) in [5.74, 6) is 1.31. The molecule has 2 aliphatic rings. The van der Waals surface area contributed by atoms with Gasteiger partial charge in [0.1, 0.15) is 5.52 Å². The number of rotatable bonds is 4. The van der Waals surface area contributed by atoms with Crippen molar-refractivity contribution in [1.29, 1.82) is 0 Å². The van der Waals surface area contributed by atoms with E-state index in [-0.39, 0.29) is 12.0 Å². The second-order valence-corrected chi connectivity index (χ2v) is 7.34. The molecule has 5 heteroatoms. The summed E-state index contributed by atoms with van der Waals surface area (Å²) in [6, 6.07) is 7.97. The molecule has 2 aliphatic heterocycles. The Kier molecular flexibility index (Phi) is 4.75. The number of benzene rings is 1. The maximum Gasteiger partial charge on any atom is 0.239 e. The molecule has 2 atom stereocenters. The van der Waals surface area contributed by atoms with Gasteiger partial charge in [-0.05, 0) is 57.3 Å². The fourth-order valence-corrected chi connectivity index (χ4v) is 4.31. The van der Waals surface area contributed by atoms with Crippen LogP contribution in [0, 0.1) is 0 Å². The predicted molar refractivity (Wildman–Crippen MR) is 97.5 cm³/mol. The molecular formula is C20H27N3O2. The Morgan fingerprint density at radius 3 is 2.92 bits per heavy atom. The second kappa shape index (κ2) is 7.16. The molecule has 5 nitrogen and oxygen atoms in total. The highest BCUT2D eigenvalue weighted by Gasteiger charge is 2.36. The van der Waals surface area contributed by atoms with Crippen LogP contribution in [0.25, 0.3) is 11.1 Å². The lowest BCUT2D eigenvalue weighted by molar-refractivity contribution is -0.137. The number of para-hydroxylation sites is 2. The van der Waals surface area contributed by atoms with E-state index < -0.39 is 0 Å². The summed E-state index contributed by atoms with van der Waals surface area (Å²) in [6.07, 6.45) is 5.31. The van der Waals surface area contributed by atoms with E-state index in [4.69, 9.17) is 4.42 Å². The molecule has 4 rings (SSSR count). The van der Waals surface area contributed by atoms with Crippen LogP contribution in [-0.2, 0) is 4.79 Å². The van der Waals surface area contributed by atoms with Gasteiger partial charge in [0.05, 0.1) is 12.0 Å². The molecule has 3 heterocycles. The molecule has 25 heavy (non-hydrogen) atoms. The molecule has 1 amide bonds. The zero-order valence-electron chi connectivity index (χ0n) is 15.0. The van der Waals surface area contributed by atoms with E-state index in [1.165, 1.54) is 0 Å². The highest BCUT2D eigenvalue weighted by atomic mass is 16.3. The first-order valence-electron chi connectivity index (χ1n) is 9.64. The standard InChI is InChI=1S/C20H27N3O2/c1-2-11-22-12-6-9-17(22)20(24)23-13-5-7-15(14-23)19-21-16-8-3-4-10-18(16)25-19/h3-4,8,10,15,17H,2,5-7,9,11-14H2,1H3. The SMILES string of the molecule is CCCN1CCCC1C(=O)N1CCCC(c2nc3ccccc3o2)C1. The minimum atomic E-state index is 0.0855.